The quantitative estimate of drug-likeness (QED) is 0.710. The molecule has 2 rings (SSSR count). The van der Waals surface area contributed by atoms with E-state index in [4.69, 9.17) is 23.2 Å². The van der Waals surface area contributed by atoms with Gasteiger partial charge in [0.2, 0.25) is 5.91 Å². The highest BCUT2D eigenvalue weighted by Crippen LogP contribution is 2.64. The lowest BCUT2D eigenvalue weighted by molar-refractivity contribution is -0.138. The first-order valence-electron chi connectivity index (χ1n) is 5.80. The van der Waals surface area contributed by atoms with Crippen molar-refractivity contribution in [2.24, 2.45) is 5.41 Å². The van der Waals surface area contributed by atoms with Gasteiger partial charge >= 0.3 is 0 Å². The van der Waals surface area contributed by atoms with E-state index in [0.29, 0.717) is 6.42 Å². The van der Waals surface area contributed by atoms with Crippen LogP contribution in [-0.2, 0) is 4.79 Å². The summed E-state index contributed by atoms with van der Waals surface area (Å²) < 4.78 is -0.841. The third-order valence-electron chi connectivity index (χ3n) is 3.84. The number of halogens is 2. The summed E-state index contributed by atoms with van der Waals surface area (Å²) in [6.07, 6.45) is 0.579. The maximum Gasteiger partial charge on any atom is 0.231 e. The summed E-state index contributed by atoms with van der Waals surface area (Å²) in [4.78, 5) is 16.5. The number of alkyl halides is 2. The van der Waals surface area contributed by atoms with Crippen LogP contribution in [0.2, 0.25) is 0 Å². The van der Waals surface area contributed by atoms with Gasteiger partial charge in [-0.2, -0.15) is 0 Å². The largest absolute Gasteiger partial charge is 0.340 e. The first-order valence-corrected chi connectivity index (χ1v) is 6.56. The molecule has 0 radical (unpaired) electrons. The van der Waals surface area contributed by atoms with E-state index in [2.05, 4.69) is 11.8 Å². The molecule has 0 spiro atoms. The Hall–Kier alpha value is 0.01000. The molecule has 0 aromatic rings. The van der Waals surface area contributed by atoms with E-state index in [1.54, 1.807) is 0 Å². The van der Waals surface area contributed by atoms with E-state index in [-0.39, 0.29) is 5.91 Å². The highest BCUT2D eigenvalue weighted by atomic mass is 35.5. The molecule has 92 valence electrons. The van der Waals surface area contributed by atoms with Crippen molar-refractivity contribution < 1.29 is 4.79 Å². The number of rotatable bonds is 2. The summed E-state index contributed by atoms with van der Waals surface area (Å²) in [7, 11) is 0. The number of carbonyl (C=O) groups is 1. The second-order valence-corrected chi connectivity index (χ2v) is 6.42. The Balaban J connectivity index is 1.93. The Kier molecular flexibility index (Phi) is 3.15. The highest BCUT2D eigenvalue weighted by Gasteiger charge is 2.68. The predicted molar refractivity (Wildman–Crippen MR) is 65.9 cm³/mol. The second kappa shape index (κ2) is 4.04. The van der Waals surface area contributed by atoms with Gasteiger partial charge in [0.25, 0.3) is 0 Å². The van der Waals surface area contributed by atoms with Crippen LogP contribution >= 0.6 is 23.2 Å². The molecule has 0 bridgehead atoms. The van der Waals surface area contributed by atoms with Gasteiger partial charge in [-0.1, -0.05) is 6.92 Å². The molecule has 0 aromatic heterocycles. The molecule has 0 aromatic carbocycles. The Morgan fingerprint density at radius 2 is 1.75 bits per heavy atom. The topological polar surface area (TPSA) is 23.6 Å². The van der Waals surface area contributed by atoms with Gasteiger partial charge < -0.3 is 9.80 Å². The molecule has 2 fully saturated rings. The molecule has 3 nitrogen and oxygen atoms in total. The van der Waals surface area contributed by atoms with Crippen LogP contribution in [0, 0.1) is 5.41 Å². The average Bonchev–Trinajstić information content (AvgIpc) is 2.79. The summed E-state index contributed by atoms with van der Waals surface area (Å²) in [6, 6.07) is 0. The molecular weight excluding hydrogens is 247 g/mol. The molecule has 1 aliphatic carbocycles. The number of carbonyl (C=O) groups excluding carboxylic acids is 1. The first-order chi connectivity index (χ1) is 7.40. The third kappa shape index (κ3) is 1.93. The van der Waals surface area contributed by atoms with Crippen LogP contribution < -0.4 is 0 Å². The molecule has 1 aliphatic heterocycles. The molecule has 1 atom stereocenters. The van der Waals surface area contributed by atoms with Crippen molar-refractivity contribution in [2.45, 2.75) is 24.6 Å². The van der Waals surface area contributed by atoms with Crippen molar-refractivity contribution in [3.05, 3.63) is 0 Å². The normalized spacial score (nSPS) is 33.9. The van der Waals surface area contributed by atoms with Crippen molar-refractivity contribution in [1.82, 2.24) is 9.80 Å². The fourth-order valence-corrected chi connectivity index (χ4v) is 2.94. The van der Waals surface area contributed by atoms with E-state index < -0.39 is 9.75 Å². The van der Waals surface area contributed by atoms with Gasteiger partial charge in [0.1, 0.15) is 4.33 Å². The Morgan fingerprint density at radius 3 is 2.12 bits per heavy atom. The monoisotopic (exact) mass is 264 g/mol. The molecule has 1 unspecified atom stereocenters. The van der Waals surface area contributed by atoms with Crippen LogP contribution in [0.25, 0.3) is 0 Å². The lowest BCUT2D eigenvalue weighted by Crippen LogP contribution is -2.50. The maximum absolute atomic E-state index is 12.2. The van der Waals surface area contributed by atoms with Crippen molar-refractivity contribution in [1.29, 1.82) is 0 Å². The number of hydrogen-bond donors (Lipinski definition) is 0. The lowest BCUT2D eigenvalue weighted by Gasteiger charge is -2.35. The van der Waals surface area contributed by atoms with Crippen LogP contribution in [0.4, 0.5) is 0 Å². The molecule has 1 saturated carbocycles. The summed E-state index contributed by atoms with van der Waals surface area (Å²) >= 11 is 12.1. The van der Waals surface area contributed by atoms with Crippen LogP contribution in [0.3, 0.4) is 0 Å². The van der Waals surface area contributed by atoms with E-state index in [0.717, 1.165) is 32.7 Å². The van der Waals surface area contributed by atoms with Crippen LogP contribution in [0.5, 0.6) is 0 Å². The smallest absolute Gasteiger partial charge is 0.231 e. The summed E-state index contributed by atoms with van der Waals surface area (Å²) in [5.74, 6) is 0.119. The maximum atomic E-state index is 12.2. The SMILES string of the molecule is CCN1CCN(C(=O)C2(C)CC2(Cl)Cl)CC1. The first kappa shape index (κ1) is 12.5. The lowest BCUT2D eigenvalue weighted by atomic mass is 10.1. The van der Waals surface area contributed by atoms with E-state index in [1.807, 2.05) is 11.8 Å². The molecule has 16 heavy (non-hydrogen) atoms. The molecular formula is C11H18Cl2N2O. The summed E-state index contributed by atoms with van der Waals surface area (Å²) in [5, 5.41) is 0. The van der Waals surface area contributed by atoms with Crippen LogP contribution in [0.1, 0.15) is 20.3 Å². The van der Waals surface area contributed by atoms with Crippen molar-refractivity contribution in [2.75, 3.05) is 32.7 Å². The molecule has 1 heterocycles. The minimum absolute atomic E-state index is 0.119. The van der Waals surface area contributed by atoms with Crippen LogP contribution in [-0.4, -0.2) is 52.8 Å². The standard InChI is InChI=1S/C11H18Cl2N2O/c1-3-14-4-6-15(7-5-14)9(16)10(2)8-11(10,12)13/h3-8H2,1-2H3. The van der Waals surface area contributed by atoms with Crippen molar-refractivity contribution >= 4 is 29.1 Å². The van der Waals surface area contributed by atoms with Gasteiger partial charge in [-0.05, 0) is 19.9 Å². The third-order valence-corrected chi connectivity index (χ3v) is 4.94. The zero-order chi connectivity index (χ0) is 12.0. The molecule has 0 N–H and O–H groups in total. The summed E-state index contributed by atoms with van der Waals surface area (Å²) in [5.41, 5.74) is -0.551. The number of piperazine rings is 1. The van der Waals surface area contributed by atoms with Gasteiger partial charge in [-0.25, -0.2) is 0 Å². The Labute approximate surface area is 107 Å². The highest BCUT2D eigenvalue weighted by molar-refractivity contribution is 6.53. The van der Waals surface area contributed by atoms with Gasteiger partial charge in [0.15, 0.2) is 0 Å². The Bertz CT molecular complexity index is 300. The number of hydrogen-bond acceptors (Lipinski definition) is 2. The van der Waals surface area contributed by atoms with Gasteiger partial charge in [-0.3, -0.25) is 4.79 Å². The summed E-state index contributed by atoms with van der Waals surface area (Å²) in [6.45, 7) is 8.56. The zero-order valence-electron chi connectivity index (χ0n) is 9.80. The minimum atomic E-state index is -0.841. The van der Waals surface area contributed by atoms with Gasteiger partial charge in [-0.15, -0.1) is 23.2 Å². The number of amides is 1. The zero-order valence-corrected chi connectivity index (χ0v) is 11.3. The number of likely N-dealkylation sites (N-methyl/N-ethyl adjacent to an activating group) is 1. The van der Waals surface area contributed by atoms with Crippen molar-refractivity contribution in [3.8, 4) is 0 Å². The van der Waals surface area contributed by atoms with E-state index >= 15 is 0 Å². The van der Waals surface area contributed by atoms with Crippen molar-refractivity contribution in [3.63, 3.8) is 0 Å². The molecule has 5 heteroatoms. The second-order valence-electron chi connectivity index (χ2n) is 4.94. The fourth-order valence-electron chi connectivity index (χ4n) is 2.25. The Morgan fingerprint density at radius 1 is 1.25 bits per heavy atom. The fraction of sp³-hybridized carbons (Fsp3) is 0.909. The molecule has 1 amide bonds. The predicted octanol–water partition coefficient (Wildman–Crippen LogP) is 1.73. The molecule has 2 aliphatic rings. The average molecular weight is 265 g/mol. The van der Waals surface area contributed by atoms with E-state index in [1.165, 1.54) is 0 Å². The minimum Gasteiger partial charge on any atom is -0.340 e. The van der Waals surface area contributed by atoms with E-state index in [9.17, 15) is 4.79 Å². The molecule has 1 saturated heterocycles. The van der Waals surface area contributed by atoms with Gasteiger partial charge in [0.05, 0.1) is 5.41 Å². The van der Waals surface area contributed by atoms with Gasteiger partial charge in [0, 0.05) is 26.2 Å². The number of nitrogens with zero attached hydrogens (tertiary/aromatic N) is 2. The van der Waals surface area contributed by atoms with Crippen LogP contribution in [0.15, 0.2) is 0 Å².